The maximum atomic E-state index is 13.3. The quantitative estimate of drug-likeness (QED) is 0.850. The summed E-state index contributed by atoms with van der Waals surface area (Å²) in [4.78, 5) is 1.40. The van der Waals surface area contributed by atoms with E-state index in [1.807, 2.05) is 0 Å². The van der Waals surface area contributed by atoms with Crippen molar-refractivity contribution in [3.8, 4) is 6.07 Å². The van der Waals surface area contributed by atoms with Gasteiger partial charge in [-0.15, -0.1) is 0 Å². The SMILES string of the molecule is N#Cc1ccc(N2C[C@@H](F)C[C@H]2CO)cc1C(F)(F)F. The number of anilines is 1. The number of benzene rings is 1. The normalized spacial score (nSPS) is 22.9. The minimum absolute atomic E-state index is 0.0611. The van der Waals surface area contributed by atoms with Gasteiger partial charge in [-0.05, 0) is 18.2 Å². The molecule has 0 radical (unpaired) electrons. The zero-order valence-corrected chi connectivity index (χ0v) is 10.4. The fourth-order valence-electron chi connectivity index (χ4n) is 2.39. The first-order valence-electron chi connectivity index (χ1n) is 5.99. The lowest BCUT2D eigenvalue weighted by atomic mass is 10.1. The molecule has 0 aromatic heterocycles. The van der Waals surface area contributed by atoms with E-state index in [9.17, 15) is 17.6 Å². The van der Waals surface area contributed by atoms with Crippen LogP contribution in [0.4, 0.5) is 23.2 Å². The Labute approximate surface area is 113 Å². The number of aliphatic hydroxyl groups excluding tert-OH is 1. The van der Waals surface area contributed by atoms with Gasteiger partial charge in [0.1, 0.15) is 6.17 Å². The van der Waals surface area contributed by atoms with E-state index in [0.29, 0.717) is 0 Å². The van der Waals surface area contributed by atoms with Gasteiger partial charge in [-0.1, -0.05) is 0 Å². The van der Waals surface area contributed by atoms with Crippen LogP contribution in [0.3, 0.4) is 0 Å². The first kappa shape index (κ1) is 14.6. The fraction of sp³-hybridized carbons (Fsp3) is 0.462. The van der Waals surface area contributed by atoms with Crippen molar-refractivity contribution < 1.29 is 22.7 Å². The Morgan fingerprint density at radius 1 is 1.40 bits per heavy atom. The van der Waals surface area contributed by atoms with E-state index < -0.39 is 29.5 Å². The number of aliphatic hydroxyl groups is 1. The number of hydrogen-bond acceptors (Lipinski definition) is 3. The van der Waals surface area contributed by atoms with E-state index in [2.05, 4.69) is 0 Å². The summed E-state index contributed by atoms with van der Waals surface area (Å²) in [5.74, 6) is 0. The van der Waals surface area contributed by atoms with Gasteiger partial charge in [-0.3, -0.25) is 0 Å². The van der Waals surface area contributed by atoms with Crippen molar-refractivity contribution in [2.45, 2.75) is 24.8 Å². The Hall–Kier alpha value is -1.81. The molecule has 2 atom stereocenters. The molecule has 108 valence electrons. The molecule has 1 aromatic rings. The molecular formula is C13H12F4N2O. The summed E-state index contributed by atoms with van der Waals surface area (Å²) in [5, 5.41) is 17.9. The minimum atomic E-state index is -4.65. The van der Waals surface area contributed by atoms with Crippen LogP contribution in [0.15, 0.2) is 18.2 Å². The number of nitriles is 1. The van der Waals surface area contributed by atoms with Crippen molar-refractivity contribution >= 4 is 5.69 Å². The Morgan fingerprint density at radius 2 is 2.10 bits per heavy atom. The van der Waals surface area contributed by atoms with E-state index in [4.69, 9.17) is 10.4 Å². The highest BCUT2D eigenvalue weighted by atomic mass is 19.4. The summed E-state index contributed by atoms with van der Waals surface area (Å²) < 4.78 is 51.9. The molecule has 0 bridgehead atoms. The summed E-state index contributed by atoms with van der Waals surface area (Å²) in [5.41, 5.74) is -1.36. The van der Waals surface area contributed by atoms with Gasteiger partial charge >= 0.3 is 6.18 Å². The number of nitrogens with zero attached hydrogens (tertiary/aromatic N) is 2. The molecule has 0 spiro atoms. The van der Waals surface area contributed by atoms with Crippen molar-refractivity contribution in [2.24, 2.45) is 0 Å². The smallest absolute Gasteiger partial charge is 0.394 e. The molecule has 0 aliphatic carbocycles. The topological polar surface area (TPSA) is 47.3 Å². The van der Waals surface area contributed by atoms with Gasteiger partial charge in [0.05, 0.1) is 29.8 Å². The molecule has 7 heteroatoms. The van der Waals surface area contributed by atoms with Crippen LogP contribution in [-0.2, 0) is 6.18 Å². The molecule has 0 amide bonds. The van der Waals surface area contributed by atoms with Gasteiger partial charge in [-0.25, -0.2) is 4.39 Å². The van der Waals surface area contributed by atoms with Crippen molar-refractivity contribution in [1.29, 1.82) is 5.26 Å². The van der Waals surface area contributed by atoms with Crippen LogP contribution in [0.5, 0.6) is 0 Å². The molecule has 1 aromatic carbocycles. The van der Waals surface area contributed by atoms with Crippen molar-refractivity contribution in [3.63, 3.8) is 0 Å². The fourth-order valence-corrected chi connectivity index (χ4v) is 2.39. The van der Waals surface area contributed by atoms with Gasteiger partial charge in [0, 0.05) is 18.7 Å². The van der Waals surface area contributed by atoms with E-state index in [1.165, 1.54) is 17.0 Å². The average molecular weight is 288 g/mol. The zero-order valence-electron chi connectivity index (χ0n) is 10.4. The van der Waals surface area contributed by atoms with Gasteiger partial charge in [-0.2, -0.15) is 18.4 Å². The number of hydrogen-bond donors (Lipinski definition) is 1. The Bertz CT molecular complexity index is 538. The van der Waals surface area contributed by atoms with Crippen LogP contribution in [0.25, 0.3) is 0 Å². The van der Waals surface area contributed by atoms with E-state index in [1.54, 1.807) is 0 Å². The highest BCUT2D eigenvalue weighted by Crippen LogP contribution is 2.36. The minimum Gasteiger partial charge on any atom is -0.394 e. The van der Waals surface area contributed by atoms with E-state index >= 15 is 0 Å². The third-order valence-corrected chi connectivity index (χ3v) is 3.33. The lowest BCUT2D eigenvalue weighted by Crippen LogP contribution is -2.32. The third kappa shape index (κ3) is 2.70. The molecule has 1 fully saturated rings. The van der Waals surface area contributed by atoms with Gasteiger partial charge in [0.2, 0.25) is 0 Å². The second-order valence-corrected chi connectivity index (χ2v) is 4.66. The van der Waals surface area contributed by atoms with Crippen LogP contribution in [0, 0.1) is 11.3 Å². The number of alkyl halides is 4. The van der Waals surface area contributed by atoms with Crippen molar-refractivity contribution in [1.82, 2.24) is 0 Å². The summed E-state index contributed by atoms with van der Waals surface area (Å²) in [6.07, 6.45) is -5.75. The zero-order chi connectivity index (χ0) is 14.9. The largest absolute Gasteiger partial charge is 0.417 e. The standard InChI is InChI=1S/C13H12F4N2O/c14-9-3-11(7-20)19(6-9)10-2-1-8(5-18)12(4-10)13(15,16)17/h1-2,4,9,11,20H,3,6-7H2/t9-,11-/m0/s1. The molecular weight excluding hydrogens is 276 g/mol. The van der Waals surface area contributed by atoms with Crippen LogP contribution in [0.1, 0.15) is 17.5 Å². The molecule has 1 saturated heterocycles. The molecule has 0 saturated carbocycles. The maximum absolute atomic E-state index is 13.3. The summed E-state index contributed by atoms with van der Waals surface area (Å²) in [6, 6.07) is 4.19. The summed E-state index contributed by atoms with van der Waals surface area (Å²) >= 11 is 0. The highest BCUT2D eigenvalue weighted by molar-refractivity contribution is 5.56. The first-order valence-corrected chi connectivity index (χ1v) is 5.99. The predicted molar refractivity (Wildman–Crippen MR) is 63.9 cm³/mol. The van der Waals surface area contributed by atoms with Crippen LogP contribution in [-0.4, -0.2) is 30.5 Å². The van der Waals surface area contributed by atoms with E-state index in [0.717, 1.165) is 12.1 Å². The lowest BCUT2D eigenvalue weighted by molar-refractivity contribution is -0.137. The molecule has 1 heterocycles. The van der Waals surface area contributed by atoms with Gasteiger partial charge in [0.15, 0.2) is 0 Å². The van der Waals surface area contributed by atoms with Gasteiger partial charge in [0.25, 0.3) is 0 Å². The maximum Gasteiger partial charge on any atom is 0.417 e. The summed E-state index contributed by atoms with van der Waals surface area (Å²) in [6.45, 7) is -0.393. The number of halogens is 4. The summed E-state index contributed by atoms with van der Waals surface area (Å²) in [7, 11) is 0. The highest BCUT2D eigenvalue weighted by Gasteiger charge is 2.36. The molecule has 3 nitrogen and oxygen atoms in total. The second-order valence-electron chi connectivity index (χ2n) is 4.66. The predicted octanol–water partition coefficient (Wildman–Crippen LogP) is 2.49. The van der Waals surface area contributed by atoms with Crippen molar-refractivity contribution in [2.75, 3.05) is 18.1 Å². The Morgan fingerprint density at radius 3 is 2.65 bits per heavy atom. The van der Waals surface area contributed by atoms with E-state index in [-0.39, 0.29) is 25.3 Å². The van der Waals surface area contributed by atoms with Crippen LogP contribution < -0.4 is 4.90 Å². The molecule has 1 aliphatic rings. The second kappa shape index (κ2) is 5.29. The Kier molecular flexibility index (Phi) is 3.86. The lowest BCUT2D eigenvalue weighted by Gasteiger charge is -2.25. The molecule has 1 N–H and O–H groups in total. The molecule has 20 heavy (non-hydrogen) atoms. The molecule has 2 rings (SSSR count). The van der Waals surface area contributed by atoms with Crippen LogP contribution >= 0.6 is 0 Å². The monoisotopic (exact) mass is 288 g/mol. The number of rotatable bonds is 2. The Balaban J connectivity index is 2.42. The average Bonchev–Trinajstić information content (AvgIpc) is 2.78. The van der Waals surface area contributed by atoms with Crippen molar-refractivity contribution in [3.05, 3.63) is 29.3 Å². The first-order chi connectivity index (χ1) is 9.36. The third-order valence-electron chi connectivity index (χ3n) is 3.33. The van der Waals surface area contributed by atoms with Crippen LogP contribution in [0.2, 0.25) is 0 Å². The molecule has 0 unspecified atom stereocenters. The van der Waals surface area contributed by atoms with Gasteiger partial charge < -0.3 is 10.0 Å². The molecule has 1 aliphatic heterocycles.